The van der Waals surface area contributed by atoms with Crippen LogP contribution in [0.15, 0.2) is 0 Å². The van der Waals surface area contributed by atoms with Gasteiger partial charge in [-0.2, -0.15) is 0 Å². The van der Waals surface area contributed by atoms with E-state index in [2.05, 4.69) is 24.1 Å². The van der Waals surface area contributed by atoms with Crippen molar-refractivity contribution in [3.63, 3.8) is 0 Å². The number of hydrogen-bond donors (Lipinski definition) is 2. The Labute approximate surface area is 93.4 Å². The van der Waals surface area contributed by atoms with Gasteiger partial charge in [0.15, 0.2) is 10.8 Å². The van der Waals surface area contributed by atoms with Gasteiger partial charge >= 0.3 is 5.97 Å². The van der Waals surface area contributed by atoms with E-state index < -0.39 is 5.97 Å². The third-order valence-electron chi connectivity index (χ3n) is 2.09. The minimum absolute atomic E-state index is 0.159. The monoisotopic (exact) mass is 228 g/mol. The predicted molar refractivity (Wildman–Crippen MR) is 61.8 cm³/mol. The molecule has 0 radical (unpaired) electrons. The third-order valence-corrected chi connectivity index (χ3v) is 2.99. The minimum atomic E-state index is -0.958. The van der Waals surface area contributed by atoms with Crippen LogP contribution in [0.1, 0.15) is 42.1 Å². The zero-order valence-electron chi connectivity index (χ0n) is 9.20. The number of thiazole rings is 1. The van der Waals surface area contributed by atoms with Gasteiger partial charge in [-0.1, -0.05) is 13.3 Å². The zero-order valence-corrected chi connectivity index (χ0v) is 10.0. The first-order chi connectivity index (χ1) is 7.04. The van der Waals surface area contributed by atoms with Crippen molar-refractivity contribution in [2.45, 2.75) is 39.7 Å². The number of aromatic carboxylic acids is 1. The first-order valence-corrected chi connectivity index (χ1v) is 5.83. The molecule has 1 atom stereocenters. The topological polar surface area (TPSA) is 62.2 Å². The lowest BCUT2D eigenvalue weighted by Crippen LogP contribution is -2.14. The third kappa shape index (κ3) is 3.20. The molecule has 84 valence electrons. The maximum atomic E-state index is 10.8. The van der Waals surface area contributed by atoms with E-state index in [1.807, 2.05) is 0 Å². The summed E-state index contributed by atoms with van der Waals surface area (Å²) in [7, 11) is 0. The SMILES string of the molecule is CCCC(C)Nc1nc(C(=O)O)c(C)s1. The summed E-state index contributed by atoms with van der Waals surface area (Å²) in [6.45, 7) is 5.96. The zero-order chi connectivity index (χ0) is 11.4. The van der Waals surface area contributed by atoms with Crippen molar-refractivity contribution in [1.82, 2.24) is 4.98 Å². The molecule has 15 heavy (non-hydrogen) atoms. The Hall–Kier alpha value is -1.10. The van der Waals surface area contributed by atoms with Gasteiger partial charge in [0.1, 0.15) is 0 Å². The molecule has 1 heterocycles. The van der Waals surface area contributed by atoms with E-state index in [-0.39, 0.29) is 5.69 Å². The second-order valence-corrected chi connectivity index (χ2v) is 4.77. The van der Waals surface area contributed by atoms with Crippen molar-refractivity contribution in [2.24, 2.45) is 0 Å². The van der Waals surface area contributed by atoms with Crippen LogP contribution in [0.2, 0.25) is 0 Å². The van der Waals surface area contributed by atoms with Crippen molar-refractivity contribution in [1.29, 1.82) is 0 Å². The highest BCUT2D eigenvalue weighted by Crippen LogP contribution is 2.23. The lowest BCUT2D eigenvalue weighted by atomic mass is 10.2. The van der Waals surface area contributed by atoms with Gasteiger partial charge in [-0.15, -0.1) is 11.3 Å². The number of hydrogen-bond acceptors (Lipinski definition) is 4. The fourth-order valence-electron chi connectivity index (χ4n) is 1.37. The van der Waals surface area contributed by atoms with Crippen LogP contribution in [0.4, 0.5) is 5.13 Å². The summed E-state index contributed by atoms with van der Waals surface area (Å²) in [4.78, 5) is 15.5. The fourth-order valence-corrected chi connectivity index (χ4v) is 2.29. The molecule has 0 fully saturated rings. The van der Waals surface area contributed by atoms with Crippen LogP contribution >= 0.6 is 11.3 Å². The highest BCUT2D eigenvalue weighted by molar-refractivity contribution is 7.15. The van der Waals surface area contributed by atoms with Gasteiger partial charge in [-0.3, -0.25) is 0 Å². The van der Waals surface area contributed by atoms with Gasteiger partial charge in [-0.25, -0.2) is 9.78 Å². The summed E-state index contributed by atoms with van der Waals surface area (Å²) < 4.78 is 0. The molecule has 1 rings (SSSR count). The molecule has 0 aromatic carbocycles. The average molecular weight is 228 g/mol. The van der Waals surface area contributed by atoms with Crippen molar-refractivity contribution in [3.8, 4) is 0 Å². The number of carbonyl (C=O) groups is 1. The van der Waals surface area contributed by atoms with Crippen molar-refractivity contribution >= 4 is 22.4 Å². The number of nitrogens with one attached hydrogen (secondary N) is 1. The van der Waals surface area contributed by atoms with Crippen LogP contribution in [-0.4, -0.2) is 22.1 Å². The largest absolute Gasteiger partial charge is 0.476 e. The normalized spacial score (nSPS) is 12.5. The maximum Gasteiger partial charge on any atom is 0.355 e. The van der Waals surface area contributed by atoms with Gasteiger partial charge in [0, 0.05) is 10.9 Å². The van der Waals surface area contributed by atoms with Crippen molar-refractivity contribution in [2.75, 3.05) is 5.32 Å². The van der Waals surface area contributed by atoms with E-state index in [1.54, 1.807) is 6.92 Å². The summed E-state index contributed by atoms with van der Waals surface area (Å²) in [5, 5.41) is 12.7. The van der Waals surface area contributed by atoms with Crippen molar-refractivity contribution < 1.29 is 9.90 Å². The highest BCUT2D eigenvalue weighted by atomic mass is 32.1. The lowest BCUT2D eigenvalue weighted by Gasteiger charge is -2.10. The van der Waals surface area contributed by atoms with Crippen LogP contribution < -0.4 is 5.32 Å². The number of carboxylic acids is 1. The van der Waals surface area contributed by atoms with Crippen LogP contribution in [-0.2, 0) is 0 Å². The summed E-state index contributed by atoms with van der Waals surface area (Å²) in [6, 6.07) is 0.335. The molecular weight excluding hydrogens is 212 g/mol. The first-order valence-electron chi connectivity index (χ1n) is 5.01. The fraction of sp³-hybridized carbons (Fsp3) is 0.600. The second-order valence-electron chi connectivity index (χ2n) is 3.56. The highest BCUT2D eigenvalue weighted by Gasteiger charge is 2.14. The molecule has 0 aliphatic carbocycles. The first kappa shape index (κ1) is 12.0. The quantitative estimate of drug-likeness (QED) is 0.813. The Bertz CT molecular complexity index is 349. The number of aryl methyl sites for hydroxylation is 1. The predicted octanol–water partition coefficient (Wildman–Crippen LogP) is 2.75. The van der Waals surface area contributed by atoms with Crippen LogP contribution in [0.3, 0.4) is 0 Å². The molecule has 1 aromatic heterocycles. The van der Waals surface area contributed by atoms with Gasteiger partial charge in [0.2, 0.25) is 0 Å². The molecule has 0 bridgehead atoms. The molecule has 5 heteroatoms. The van der Waals surface area contributed by atoms with E-state index in [1.165, 1.54) is 11.3 Å². The molecule has 1 aromatic rings. The molecule has 2 N–H and O–H groups in total. The van der Waals surface area contributed by atoms with Gasteiger partial charge in [0.05, 0.1) is 0 Å². The van der Waals surface area contributed by atoms with Crippen molar-refractivity contribution in [3.05, 3.63) is 10.6 Å². The Morgan fingerprint density at radius 1 is 1.67 bits per heavy atom. The standard InChI is InChI=1S/C10H16N2O2S/c1-4-5-6(2)11-10-12-8(9(13)14)7(3)15-10/h6H,4-5H2,1-3H3,(H,11,12)(H,13,14). The molecule has 0 saturated heterocycles. The lowest BCUT2D eigenvalue weighted by molar-refractivity contribution is 0.0690. The molecule has 0 spiro atoms. The molecule has 0 amide bonds. The van der Waals surface area contributed by atoms with E-state index in [0.29, 0.717) is 11.2 Å². The number of carboxylic acid groups (broad SMARTS) is 1. The van der Waals surface area contributed by atoms with Crippen LogP contribution in [0, 0.1) is 6.92 Å². The average Bonchev–Trinajstić information content (AvgIpc) is 2.47. The molecule has 0 aliphatic heterocycles. The smallest absolute Gasteiger partial charge is 0.355 e. The number of rotatable bonds is 5. The van der Waals surface area contributed by atoms with Crippen LogP contribution in [0.5, 0.6) is 0 Å². The molecule has 0 saturated carbocycles. The Morgan fingerprint density at radius 2 is 2.33 bits per heavy atom. The van der Waals surface area contributed by atoms with Crippen LogP contribution in [0.25, 0.3) is 0 Å². The maximum absolute atomic E-state index is 10.8. The summed E-state index contributed by atoms with van der Waals surface area (Å²) in [5.74, 6) is -0.958. The molecule has 4 nitrogen and oxygen atoms in total. The van der Waals surface area contributed by atoms with Gasteiger partial charge in [-0.05, 0) is 20.3 Å². The Kier molecular flexibility index (Phi) is 4.08. The number of aromatic nitrogens is 1. The summed E-state index contributed by atoms with van der Waals surface area (Å²) in [6.07, 6.45) is 2.16. The minimum Gasteiger partial charge on any atom is -0.476 e. The number of nitrogens with zero attached hydrogens (tertiary/aromatic N) is 1. The molecule has 1 unspecified atom stereocenters. The summed E-state index contributed by atoms with van der Waals surface area (Å²) >= 11 is 1.39. The Morgan fingerprint density at radius 3 is 2.80 bits per heavy atom. The van der Waals surface area contributed by atoms with Gasteiger partial charge < -0.3 is 10.4 Å². The Balaban J connectivity index is 2.71. The van der Waals surface area contributed by atoms with E-state index in [9.17, 15) is 4.79 Å². The van der Waals surface area contributed by atoms with E-state index >= 15 is 0 Å². The van der Waals surface area contributed by atoms with E-state index in [0.717, 1.165) is 17.7 Å². The van der Waals surface area contributed by atoms with E-state index in [4.69, 9.17) is 5.11 Å². The number of anilines is 1. The molecule has 0 aliphatic rings. The van der Waals surface area contributed by atoms with Gasteiger partial charge in [0.25, 0.3) is 0 Å². The summed E-state index contributed by atoms with van der Waals surface area (Å²) in [5.41, 5.74) is 0.159. The second kappa shape index (κ2) is 5.11. The molecular formula is C10H16N2O2S.